The average molecular weight is 314 g/mol. The van der Waals surface area contributed by atoms with Crippen LogP contribution in [0.5, 0.6) is 0 Å². The lowest BCUT2D eigenvalue weighted by Crippen LogP contribution is -2.45. The fourth-order valence-electron chi connectivity index (χ4n) is 2.56. The first kappa shape index (κ1) is 15.7. The molecule has 2 rings (SSSR count). The van der Waals surface area contributed by atoms with Crippen molar-refractivity contribution in [1.82, 2.24) is 4.90 Å². The summed E-state index contributed by atoms with van der Waals surface area (Å²) in [6, 6.07) is 3.87. The van der Waals surface area contributed by atoms with Gasteiger partial charge in [-0.2, -0.15) is 0 Å². The Kier molecular flexibility index (Phi) is 4.80. The number of halogens is 2. The van der Waals surface area contributed by atoms with Gasteiger partial charge in [-0.1, -0.05) is 18.5 Å². The summed E-state index contributed by atoms with van der Waals surface area (Å²) in [6.45, 7) is 2.92. The van der Waals surface area contributed by atoms with E-state index in [1.807, 2.05) is 6.92 Å². The number of likely N-dealkylation sites (N-methyl/N-ethyl adjacent to an activating group) is 1. The standard InChI is InChI=1S/C14H17ClFN3O2/c1-2-18(8-13(17)20)12-5-6-19(14(12)21)9-3-4-10(15)11(16)7-9/h3-4,7,12H,2,5-6,8H2,1H3,(H2,17,20)/t12-/m1/s1. The number of primary amides is 1. The lowest BCUT2D eigenvalue weighted by Gasteiger charge is -2.25. The highest BCUT2D eigenvalue weighted by atomic mass is 35.5. The van der Waals surface area contributed by atoms with Crippen LogP contribution in [-0.2, 0) is 9.59 Å². The van der Waals surface area contributed by atoms with E-state index in [-0.39, 0.29) is 17.5 Å². The van der Waals surface area contributed by atoms with Crippen molar-refractivity contribution in [2.24, 2.45) is 5.73 Å². The fraction of sp³-hybridized carbons (Fsp3) is 0.429. The second kappa shape index (κ2) is 6.41. The summed E-state index contributed by atoms with van der Waals surface area (Å²) in [5.74, 6) is -1.18. The van der Waals surface area contributed by atoms with Crippen LogP contribution in [-0.4, -0.2) is 42.4 Å². The first-order valence-corrected chi connectivity index (χ1v) is 7.10. The van der Waals surface area contributed by atoms with Crippen molar-refractivity contribution < 1.29 is 14.0 Å². The zero-order valence-corrected chi connectivity index (χ0v) is 12.4. The minimum absolute atomic E-state index is 0.0193. The van der Waals surface area contributed by atoms with Gasteiger partial charge in [0.25, 0.3) is 0 Å². The van der Waals surface area contributed by atoms with E-state index < -0.39 is 17.8 Å². The topological polar surface area (TPSA) is 66.6 Å². The molecule has 1 heterocycles. The molecule has 0 spiro atoms. The number of anilines is 1. The highest BCUT2D eigenvalue weighted by Crippen LogP contribution is 2.27. The quantitative estimate of drug-likeness (QED) is 0.893. The third kappa shape index (κ3) is 3.33. The molecule has 2 amide bonds. The Morgan fingerprint density at radius 1 is 1.57 bits per heavy atom. The van der Waals surface area contributed by atoms with E-state index in [1.165, 1.54) is 17.0 Å². The third-order valence-electron chi connectivity index (χ3n) is 3.60. The van der Waals surface area contributed by atoms with Crippen LogP contribution < -0.4 is 10.6 Å². The van der Waals surface area contributed by atoms with Gasteiger partial charge in [-0.25, -0.2) is 4.39 Å². The molecular weight excluding hydrogens is 297 g/mol. The monoisotopic (exact) mass is 313 g/mol. The SMILES string of the molecule is CCN(CC(N)=O)[C@@H]1CCN(c2ccc(Cl)c(F)c2)C1=O. The molecule has 1 atom stereocenters. The number of rotatable bonds is 5. The number of nitrogens with two attached hydrogens (primary N) is 1. The molecule has 1 aromatic carbocycles. The second-order valence-corrected chi connectivity index (χ2v) is 5.33. The number of amides is 2. The number of nitrogens with zero attached hydrogens (tertiary/aromatic N) is 2. The lowest BCUT2D eigenvalue weighted by atomic mass is 10.2. The summed E-state index contributed by atoms with van der Waals surface area (Å²) in [6.07, 6.45) is 0.574. The van der Waals surface area contributed by atoms with E-state index >= 15 is 0 Å². The minimum atomic E-state index is -0.560. The van der Waals surface area contributed by atoms with Crippen LogP contribution in [0.4, 0.5) is 10.1 Å². The van der Waals surface area contributed by atoms with Gasteiger partial charge in [-0.05, 0) is 31.2 Å². The van der Waals surface area contributed by atoms with Gasteiger partial charge in [0, 0.05) is 12.2 Å². The van der Waals surface area contributed by atoms with E-state index in [9.17, 15) is 14.0 Å². The van der Waals surface area contributed by atoms with E-state index in [2.05, 4.69) is 0 Å². The Labute approximate surface area is 127 Å². The highest BCUT2D eigenvalue weighted by molar-refractivity contribution is 6.30. The first-order chi connectivity index (χ1) is 9.93. The van der Waals surface area contributed by atoms with Crippen LogP contribution in [0.15, 0.2) is 18.2 Å². The molecule has 1 fully saturated rings. The molecule has 114 valence electrons. The smallest absolute Gasteiger partial charge is 0.244 e. The Balaban J connectivity index is 2.17. The van der Waals surface area contributed by atoms with Gasteiger partial charge in [0.15, 0.2) is 0 Å². The molecule has 1 aliphatic heterocycles. The molecule has 0 radical (unpaired) electrons. The third-order valence-corrected chi connectivity index (χ3v) is 3.90. The van der Waals surface area contributed by atoms with Gasteiger partial charge in [-0.15, -0.1) is 0 Å². The summed E-state index contributed by atoms with van der Waals surface area (Å²) in [4.78, 5) is 26.8. The molecule has 1 saturated heterocycles. The van der Waals surface area contributed by atoms with E-state index in [0.29, 0.717) is 25.2 Å². The zero-order valence-electron chi connectivity index (χ0n) is 11.7. The van der Waals surface area contributed by atoms with E-state index in [0.717, 1.165) is 0 Å². The maximum absolute atomic E-state index is 13.5. The summed E-state index contributed by atoms with van der Waals surface area (Å²) in [5.41, 5.74) is 5.67. The van der Waals surface area contributed by atoms with Crippen LogP contribution in [0.3, 0.4) is 0 Å². The normalized spacial score (nSPS) is 18.6. The van der Waals surface area contributed by atoms with Crippen LogP contribution >= 0.6 is 11.6 Å². The second-order valence-electron chi connectivity index (χ2n) is 4.92. The summed E-state index contributed by atoms with van der Waals surface area (Å²) >= 11 is 5.64. The summed E-state index contributed by atoms with van der Waals surface area (Å²) in [5, 5.41) is 0.0193. The van der Waals surface area contributed by atoms with Crippen LogP contribution in [0.25, 0.3) is 0 Å². The summed E-state index contributed by atoms with van der Waals surface area (Å²) < 4.78 is 13.5. The molecule has 0 aromatic heterocycles. The zero-order chi connectivity index (χ0) is 15.6. The number of carbonyl (C=O) groups is 2. The Hall–Kier alpha value is -1.66. The first-order valence-electron chi connectivity index (χ1n) is 6.72. The molecule has 0 bridgehead atoms. The largest absolute Gasteiger partial charge is 0.369 e. The van der Waals surface area contributed by atoms with Gasteiger partial charge in [0.1, 0.15) is 5.82 Å². The maximum atomic E-state index is 13.5. The van der Waals surface area contributed by atoms with Crippen molar-refractivity contribution in [3.8, 4) is 0 Å². The molecule has 0 saturated carbocycles. The maximum Gasteiger partial charge on any atom is 0.244 e. The molecule has 5 nitrogen and oxygen atoms in total. The molecule has 1 aliphatic rings. The van der Waals surface area contributed by atoms with Crippen LogP contribution in [0.2, 0.25) is 5.02 Å². The predicted molar refractivity (Wildman–Crippen MR) is 78.6 cm³/mol. The van der Waals surface area contributed by atoms with E-state index in [1.54, 1.807) is 11.0 Å². The summed E-state index contributed by atoms with van der Waals surface area (Å²) in [7, 11) is 0. The Morgan fingerprint density at radius 2 is 2.29 bits per heavy atom. The predicted octanol–water partition coefficient (Wildman–Crippen LogP) is 1.39. The Morgan fingerprint density at radius 3 is 2.86 bits per heavy atom. The van der Waals surface area contributed by atoms with Gasteiger partial charge >= 0.3 is 0 Å². The number of hydrogen-bond donors (Lipinski definition) is 1. The van der Waals surface area contributed by atoms with Gasteiger partial charge in [-0.3, -0.25) is 14.5 Å². The highest BCUT2D eigenvalue weighted by Gasteiger charge is 2.36. The van der Waals surface area contributed by atoms with Crippen molar-refractivity contribution in [2.45, 2.75) is 19.4 Å². The fourth-order valence-corrected chi connectivity index (χ4v) is 2.67. The molecular formula is C14H17ClFN3O2. The molecule has 1 aromatic rings. The average Bonchev–Trinajstić information content (AvgIpc) is 2.81. The van der Waals surface area contributed by atoms with E-state index in [4.69, 9.17) is 17.3 Å². The number of carbonyl (C=O) groups excluding carboxylic acids is 2. The Bertz CT molecular complexity index is 567. The van der Waals surface area contributed by atoms with Crippen LogP contribution in [0, 0.1) is 5.82 Å². The molecule has 0 aliphatic carbocycles. The minimum Gasteiger partial charge on any atom is -0.369 e. The van der Waals surface area contributed by atoms with Crippen molar-refractivity contribution in [3.63, 3.8) is 0 Å². The van der Waals surface area contributed by atoms with Crippen molar-refractivity contribution in [3.05, 3.63) is 29.0 Å². The van der Waals surface area contributed by atoms with Gasteiger partial charge in [0.05, 0.1) is 17.6 Å². The van der Waals surface area contributed by atoms with Crippen LogP contribution in [0.1, 0.15) is 13.3 Å². The number of benzene rings is 1. The van der Waals surface area contributed by atoms with Crippen molar-refractivity contribution in [1.29, 1.82) is 0 Å². The van der Waals surface area contributed by atoms with Crippen molar-refractivity contribution in [2.75, 3.05) is 24.5 Å². The molecule has 2 N–H and O–H groups in total. The lowest BCUT2D eigenvalue weighted by molar-refractivity contribution is -0.124. The van der Waals surface area contributed by atoms with Crippen molar-refractivity contribution >= 4 is 29.1 Å². The number of hydrogen-bond acceptors (Lipinski definition) is 3. The molecule has 7 heteroatoms. The van der Waals surface area contributed by atoms with Gasteiger partial charge < -0.3 is 10.6 Å². The van der Waals surface area contributed by atoms with Gasteiger partial charge in [0.2, 0.25) is 11.8 Å². The molecule has 21 heavy (non-hydrogen) atoms. The molecule has 0 unspecified atom stereocenters.